The van der Waals surface area contributed by atoms with Crippen LogP contribution in [0, 0.1) is 0 Å². The summed E-state index contributed by atoms with van der Waals surface area (Å²) in [6.07, 6.45) is 4.52. The van der Waals surface area contributed by atoms with E-state index in [9.17, 15) is 4.79 Å². The van der Waals surface area contributed by atoms with Gasteiger partial charge in [-0.15, -0.1) is 0 Å². The van der Waals surface area contributed by atoms with E-state index < -0.39 is 0 Å². The van der Waals surface area contributed by atoms with Gasteiger partial charge >= 0.3 is 0 Å². The van der Waals surface area contributed by atoms with E-state index in [1.165, 1.54) is 6.33 Å². The molecule has 1 N–H and O–H groups in total. The molecule has 1 amide bonds. The van der Waals surface area contributed by atoms with Crippen molar-refractivity contribution in [2.75, 3.05) is 5.32 Å². The molecule has 1 aromatic carbocycles. The van der Waals surface area contributed by atoms with E-state index >= 15 is 0 Å². The Kier molecular flexibility index (Phi) is 3.82. The van der Waals surface area contributed by atoms with Crippen molar-refractivity contribution < 1.29 is 4.79 Å². The lowest BCUT2D eigenvalue weighted by molar-refractivity contribution is 0.102. The highest BCUT2D eigenvalue weighted by Gasteiger charge is 2.05. The maximum Gasteiger partial charge on any atom is 0.255 e. The third-order valence-corrected chi connectivity index (χ3v) is 2.84. The Balaban J connectivity index is 2.09. The molecule has 0 aliphatic heterocycles. The number of amides is 1. The third-order valence-electron chi connectivity index (χ3n) is 2.19. The van der Waals surface area contributed by atoms with Crippen LogP contribution in [0.1, 0.15) is 15.9 Å². The molecule has 0 aliphatic rings. The molecule has 2 rings (SSSR count). The summed E-state index contributed by atoms with van der Waals surface area (Å²) in [5.74, 6) is -0.166. The SMILES string of the molecule is O=C(Nc1cncnc1)c1ccc(CBr)cc1. The molecule has 5 heteroatoms. The van der Waals surface area contributed by atoms with Crippen LogP contribution in [0.25, 0.3) is 0 Å². The number of alkyl halides is 1. The first kappa shape index (κ1) is 11.7. The van der Waals surface area contributed by atoms with Gasteiger partial charge in [-0.3, -0.25) is 4.79 Å². The van der Waals surface area contributed by atoms with Crippen LogP contribution in [0.15, 0.2) is 43.0 Å². The summed E-state index contributed by atoms with van der Waals surface area (Å²) in [4.78, 5) is 19.5. The molecule has 0 aliphatic carbocycles. The first-order valence-corrected chi connectivity index (χ1v) is 6.13. The lowest BCUT2D eigenvalue weighted by Gasteiger charge is -2.04. The Bertz CT molecular complexity index is 499. The minimum Gasteiger partial charge on any atom is -0.319 e. The van der Waals surface area contributed by atoms with E-state index in [2.05, 4.69) is 31.2 Å². The highest BCUT2D eigenvalue weighted by atomic mass is 79.9. The van der Waals surface area contributed by atoms with Crippen molar-refractivity contribution in [2.45, 2.75) is 5.33 Å². The molecular formula is C12H10BrN3O. The number of benzene rings is 1. The van der Waals surface area contributed by atoms with Gasteiger partial charge in [0.05, 0.1) is 18.1 Å². The van der Waals surface area contributed by atoms with Crippen LogP contribution in [0.4, 0.5) is 5.69 Å². The van der Waals surface area contributed by atoms with E-state index in [0.717, 1.165) is 10.9 Å². The zero-order valence-corrected chi connectivity index (χ0v) is 10.5. The van der Waals surface area contributed by atoms with Crippen LogP contribution in [0.2, 0.25) is 0 Å². The molecule has 17 heavy (non-hydrogen) atoms. The fourth-order valence-corrected chi connectivity index (χ4v) is 1.69. The van der Waals surface area contributed by atoms with Crippen molar-refractivity contribution in [3.63, 3.8) is 0 Å². The number of carbonyl (C=O) groups is 1. The standard InChI is InChI=1S/C12H10BrN3O/c13-5-9-1-3-10(4-2-9)12(17)16-11-6-14-8-15-7-11/h1-4,6-8H,5H2,(H,16,17). The zero-order valence-electron chi connectivity index (χ0n) is 8.93. The number of nitrogens with zero attached hydrogens (tertiary/aromatic N) is 2. The molecule has 0 radical (unpaired) electrons. The van der Waals surface area contributed by atoms with E-state index in [1.54, 1.807) is 24.5 Å². The Morgan fingerprint density at radius 2 is 1.82 bits per heavy atom. The first-order valence-electron chi connectivity index (χ1n) is 5.01. The number of carbonyl (C=O) groups excluding carboxylic acids is 1. The van der Waals surface area contributed by atoms with E-state index in [1.807, 2.05) is 12.1 Å². The summed E-state index contributed by atoms with van der Waals surface area (Å²) < 4.78 is 0. The summed E-state index contributed by atoms with van der Waals surface area (Å²) >= 11 is 3.36. The van der Waals surface area contributed by atoms with Crippen LogP contribution >= 0.6 is 15.9 Å². The van der Waals surface area contributed by atoms with Crippen LogP contribution in [-0.4, -0.2) is 15.9 Å². The van der Waals surface area contributed by atoms with Gasteiger partial charge in [-0.2, -0.15) is 0 Å². The number of halogens is 1. The van der Waals surface area contributed by atoms with Gasteiger partial charge in [0, 0.05) is 10.9 Å². The smallest absolute Gasteiger partial charge is 0.255 e. The minimum atomic E-state index is -0.166. The molecule has 86 valence electrons. The second-order valence-electron chi connectivity index (χ2n) is 3.41. The lowest BCUT2D eigenvalue weighted by Crippen LogP contribution is -2.12. The number of hydrogen-bond acceptors (Lipinski definition) is 3. The molecule has 0 unspecified atom stereocenters. The molecule has 1 aromatic heterocycles. The number of nitrogens with one attached hydrogen (secondary N) is 1. The highest BCUT2D eigenvalue weighted by molar-refractivity contribution is 9.08. The predicted molar refractivity (Wildman–Crippen MR) is 69.1 cm³/mol. The summed E-state index contributed by atoms with van der Waals surface area (Å²) in [5.41, 5.74) is 2.32. The molecular weight excluding hydrogens is 282 g/mol. The Morgan fingerprint density at radius 1 is 1.18 bits per heavy atom. The maximum absolute atomic E-state index is 11.8. The quantitative estimate of drug-likeness (QED) is 0.885. The van der Waals surface area contributed by atoms with Crippen molar-refractivity contribution in [2.24, 2.45) is 0 Å². The number of hydrogen-bond donors (Lipinski definition) is 1. The largest absolute Gasteiger partial charge is 0.319 e. The highest BCUT2D eigenvalue weighted by Crippen LogP contribution is 2.10. The third kappa shape index (κ3) is 3.10. The minimum absolute atomic E-state index is 0.166. The summed E-state index contributed by atoms with van der Waals surface area (Å²) in [7, 11) is 0. The van der Waals surface area contributed by atoms with Gasteiger partial charge in [0.2, 0.25) is 0 Å². The maximum atomic E-state index is 11.8. The lowest BCUT2D eigenvalue weighted by atomic mass is 10.1. The van der Waals surface area contributed by atoms with Gasteiger partial charge in [0.25, 0.3) is 5.91 Å². The number of rotatable bonds is 3. The van der Waals surface area contributed by atoms with E-state index in [0.29, 0.717) is 11.3 Å². The van der Waals surface area contributed by atoms with Gasteiger partial charge < -0.3 is 5.32 Å². The van der Waals surface area contributed by atoms with Gasteiger partial charge in [-0.25, -0.2) is 9.97 Å². The average Bonchev–Trinajstić information content (AvgIpc) is 2.40. The Morgan fingerprint density at radius 3 is 2.41 bits per heavy atom. The Labute approximate surface area is 107 Å². The Hall–Kier alpha value is -1.75. The van der Waals surface area contributed by atoms with Gasteiger partial charge in [-0.1, -0.05) is 28.1 Å². The second-order valence-corrected chi connectivity index (χ2v) is 3.97. The predicted octanol–water partition coefficient (Wildman–Crippen LogP) is 2.62. The number of anilines is 1. The summed E-state index contributed by atoms with van der Waals surface area (Å²) in [6, 6.07) is 7.39. The van der Waals surface area contributed by atoms with E-state index in [4.69, 9.17) is 0 Å². The molecule has 1 heterocycles. The molecule has 0 atom stereocenters. The van der Waals surface area contributed by atoms with Gasteiger partial charge in [0.1, 0.15) is 6.33 Å². The van der Waals surface area contributed by atoms with Crippen LogP contribution in [0.3, 0.4) is 0 Å². The topological polar surface area (TPSA) is 54.9 Å². The normalized spacial score (nSPS) is 9.94. The van der Waals surface area contributed by atoms with Crippen molar-refractivity contribution in [3.05, 3.63) is 54.1 Å². The fourth-order valence-electron chi connectivity index (χ4n) is 1.31. The molecule has 2 aromatic rings. The van der Waals surface area contributed by atoms with Crippen molar-refractivity contribution in [1.82, 2.24) is 9.97 Å². The van der Waals surface area contributed by atoms with Gasteiger partial charge in [0.15, 0.2) is 0 Å². The average molecular weight is 292 g/mol. The monoisotopic (exact) mass is 291 g/mol. The second kappa shape index (κ2) is 5.54. The van der Waals surface area contributed by atoms with Crippen LogP contribution in [-0.2, 0) is 5.33 Å². The van der Waals surface area contributed by atoms with Gasteiger partial charge in [-0.05, 0) is 17.7 Å². The van der Waals surface area contributed by atoms with Crippen molar-refractivity contribution in [1.29, 1.82) is 0 Å². The molecule has 0 bridgehead atoms. The van der Waals surface area contributed by atoms with Crippen molar-refractivity contribution in [3.8, 4) is 0 Å². The molecule has 0 spiro atoms. The van der Waals surface area contributed by atoms with Crippen LogP contribution in [0.5, 0.6) is 0 Å². The zero-order chi connectivity index (χ0) is 12.1. The molecule has 4 nitrogen and oxygen atoms in total. The van der Waals surface area contributed by atoms with E-state index in [-0.39, 0.29) is 5.91 Å². The molecule has 0 saturated carbocycles. The summed E-state index contributed by atoms with van der Waals surface area (Å²) in [6.45, 7) is 0. The number of aromatic nitrogens is 2. The molecule has 0 fully saturated rings. The fraction of sp³-hybridized carbons (Fsp3) is 0.0833. The van der Waals surface area contributed by atoms with Crippen LogP contribution < -0.4 is 5.32 Å². The van der Waals surface area contributed by atoms with Crippen molar-refractivity contribution >= 4 is 27.5 Å². The summed E-state index contributed by atoms with van der Waals surface area (Å²) in [5, 5.41) is 3.50. The first-order chi connectivity index (χ1) is 8.29. The molecule has 0 saturated heterocycles.